The Hall–Kier alpha value is -1.16. The minimum atomic E-state index is -0.159. The van der Waals surface area contributed by atoms with Crippen LogP contribution < -0.4 is 10.2 Å². The van der Waals surface area contributed by atoms with Crippen LogP contribution >= 0.6 is 0 Å². The Balaban J connectivity index is 2.13. The molecule has 2 rings (SSSR count). The van der Waals surface area contributed by atoms with Crippen LogP contribution in [0.5, 0.6) is 0 Å². The van der Waals surface area contributed by atoms with Crippen molar-refractivity contribution in [3.63, 3.8) is 0 Å². The Kier molecular flexibility index (Phi) is 4.97. The Morgan fingerprint density at radius 2 is 2.25 bits per heavy atom. The van der Waals surface area contributed by atoms with E-state index in [4.69, 9.17) is 0 Å². The first-order valence-electron chi connectivity index (χ1n) is 7.62. The summed E-state index contributed by atoms with van der Waals surface area (Å²) < 4.78 is 14.6. The van der Waals surface area contributed by atoms with Gasteiger partial charge in [-0.25, -0.2) is 9.37 Å². The van der Waals surface area contributed by atoms with E-state index >= 15 is 0 Å². The molecular formula is C16H26FN3. The van der Waals surface area contributed by atoms with Gasteiger partial charge in [-0.05, 0) is 37.3 Å². The first-order valence-corrected chi connectivity index (χ1v) is 7.62. The van der Waals surface area contributed by atoms with Crippen LogP contribution in [0.3, 0.4) is 0 Å². The van der Waals surface area contributed by atoms with E-state index in [9.17, 15) is 4.39 Å². The predicted molar refractivity (Wildman–Crippen MR) is 81.4 cm³/mol. The van der Waals surface area contributed by atoms with Gasteiger partial charge in [0.15, 0.2) is 11.6 Å². The van der Waals surface area contributed by atoms with Crippen molar-refractivity contribution in [3.05, 3.63) is 23.6 Å². The fourth-order valence-electron chi connectivity index (χ4n) is 2.83. The number of hydrogen-bond acceptors (Lipinski definition) is 3. The van der Waals surface area contributed by atoms with Crippen LogP contribution in [-0.2, 0) is 6.54 Å². The summed E-state index contributed by atoms with van der Waals surface area (Å²) in [5.41, 5.74) is 0.954. The van der Waals surface area contributed by atoms with E-state index in [1.807, 2.05) is 0 Å². The maximum absolute atomic E-state index is 14.6. The molecule has 1 fully saturated rings. The summed E-state index contributed by atoms with van der Waals surface area (Å²) in [5.74, 6) is 0.363. The van der Waals surface area contributed by atoms with Crippen molar-refractivity contribution in [2.24, 2.45) is 5.41 Å². The van der Waals surface area contributed by atoms with E-state index < -0.39 is 0 Å². The largest absolute Gasteiger partial charge is 0.354 e. The second-order valence-corrected chi connectivity index (χ2v) is 6.47. The molecule has 0 aliphatic carbocycles. The molecule has 0 spiro atoms. The van der Waals surface area contributed by atoms with Gasteiger partial charge >= 0.3 is 0 Å². The molecule has 1 aliphatic heterocycles. The monoisotopic (exact) mass is 279 g/mol. The summed E-state index contributed by atoms with van der Waals surface area (Å²) in [6.45, 7) is 9.85. The van der Waals surface area contributed by atoms with Crippen molar-refractivity contribution >= 4 is 5.82 Å². The van der Waals surface area contributed by atoms with Crippen molar-refractivity contribution in [1.29, 1.82) is 0 Å². The van der Waals surface area contributed by atoms with Crippen LogP contribution in [0, 0.1) is 11.2 Å². The van der Waals surface area contributed by atoms with E-state index in [0.29, 0.717) is 17.9 Å². The van der Waals surface area contributed by atoms with E-state index in [1.54, 1.807) is 12.3 Å². The van der Waals surface area contributed by atoms with Crippen LogP contribution in [0.1, 0.15) is 45.6 Å². The predicted octanol–water partition coefficient (Wildman–Crippen LogP) is 3.35. The standard InChI is InChI=1S/C16H26FN3/c1-4-8-18-11-13-6-9-19-15(14(13)17)20-10-5-7-16(2,3)12-20/h6,9,18H,4-5,7-8,10-12H2,1-3H3. The molecule has 112 valence electrons. The molecule has 0 unspecified atom stereocenters. The highest BCUT2D eigenvalue weighted by molar-refractivity contribution is 5.43. The lowest BCUT2D eigenvalue weighted by Gasteiger charge is -2.38. The number of pyridine rings is 1. The van der Waals surface area contributed by atoms with Gasteiger partial charge in [0, 0.05) is 31.4 Å². The molecule has 3 nitrogen and oxygen atoms in total. The molecule has 1 aliphatic rings. The molecule has 0 saturated carbocycles. The maximum Gasteiger partial charge on any atom is 0.170 e. The zero-order chi connectivity index (χ0) is 14.6. The third-order valence-corrected chi connectivity index (χ3v) is 3.89. The van der Waals surface area contributed by atoms with E-state index in [2.05, 4.69) is 36.0 Å². The first-order chi connectivity index (χ1) is 9.53. The second kappa shape index (κ2) is 6.53. The van der Waals surface area contributed by atoms with Crippen molar-refractivity contribution in [1.82, 2.24) is 10.3 Å². The van der Waals surface area contributed by atoms with Gasteiger partial charge in [-0.15, -0.1) is 0 Å². The van der Waals surface area contributed by atoms with Crippen molar-refractivity contribution < 1.29 is 4.39 Å². The molecule has 4 heteroatoms. The summed E-state index contributed by atoms with van der Waals surface area (Å²) in [6.07, 6.45) is 5.08. The van der Waals surface area contributed by atoms with Crippen molar-refractivity contribution in [3.8, 4) is 0 Å². The quantitative estimate of drug-likeness (QED) is 0.838. The number of piperidine rings is 1. The number of hydrogen-bond donors (Lipinski definition) is 1. The fourth-order valence-corrected chi connectivity index (χ4v) is 2.83. The van der Waals surface area contributed by atoms with E-state index in [1.165, 1.54) is 6.42 Å². The molecule has 1 N–H and O–H groups in total. The smallest absolute Gasteiger partial charge is 0.170 e. The number of rotatable bonds is 5. The van der Waals surface area contributed by atoms with E-state index in [0.717, 1.165) is 32.5 Å². The molecule has 0 bridgehead atoms. The van der Waals surface area contributed by atoms with Crippen molar-refractivity contribution in [2.45, 2.75) is 46.6 Å². The van der Waals surface area contributed by atoms with Crippen LogP contribution in [0.15, 0.2) is 12.3 Å². The van der Waals surface area contributed by atoms with Gasteiger partial charge < -0.3 is 10.2 Å². The lowest BCUT2D eigenvalue weighted by Crippen LogP contribution is -2.41. The molecule has 0 aromatic carbocycles. The number of nitrogens with zero attached hydrogens (tertiary/aromatic N) is 2. The fraction of sp³-hybridized carbons (Fsp3) is 0.688. The van der Waals surface area contributed by atoms with Crippen LogP contribution in [0.4, 0.5) is 10.2 Å². The average Bonchev–Trinajstić information content (AvgIpc) is 2.40. The van der Waals surface area contributed by atoms with Gasteiger partial charge in [-0.2, -0.15) is 0 Å². The molecule has 1 aromatic heterocycles. The molecule has 0 atom stereocenters. The Labute approximate surface area is 121 Å². The normalized spacial score (nSPS) is 18.3. The lowest BCUT2D eigenvalue weighted by molar-refractivity contribution is 0.290. The highest BCUT2D eigenvalue weighted by Crippen LogP contribution is 2.32. The van der Waals surface area contributed by atoms with Gasteiger partial charge in [-0.1, -0.05) is 20.8 Å². The van der Waals surface area contributed by atoms with Gasteiger partial charge in [-0.3, -0.25) is 0 Å². The zero-order valence-electron chi connectivity index (χ0n) is 12.9. The number of nitrogens with one attached hydrogen (secondary N) is 1. The minimum Gasteiger partial charge on any atom is -0.354 e. The molecule has 1 saturated heterocycles. The average molecular weight is 279 g/mol. The van der Waals surface area contributed by atoms with Crippen molar-refractivity contribution in [2.75, 3.05) is 24.5 Å². The highest BCUT2D eigenvalue weighted by atomic mass is 19.1. The highest BCUT2D eigenvalue weighted by Gasteiger charge is 2.28. The topological polar surface area (TPSA) is 28.2 Å². The summed E-state index contributed by atoms with van der Waals surface area (Å²) in [4.78, 5) is 6.38. The van der Waals surface area contributed by atoms with Crippen LogP contribution in [0.25, 0.3) is 0 Å². The second-order valence-electron chi connectivity index (χ2n) is 6.47. The summed E-state index contributed by atoms with van der Waals surface area (Å²) in [5, 5.41) is 3.25. The van der Waals surface area contributed by atoms with Gasteiger partial charge in [0.1, 0.15) is 0 Å². The van der Waals surface area contributed by atoms with E-state index in [-0.39, 0.29) is 11.2 Å². The lowest BCUT2D eigenvalue weighted by atomic mass is 9.84. The third-order valence-electron chi connectivity index (χ3n) is 3.89. The number of aromatic nitrogens is 1. The van der Waals surface area contributed by atoms with Crippen LogP contribution in [0.2, 0.25) is 0 Å². The Morgan fingerprint density at radius 1 is 1.45 bits per heavy atom. The SMILES string of the molecule is CCCNCc1ccnc(N2CCCC(C)(C)C2)c1F. The maximum atomic E-state index is 14.6. The van der Waals surface area contributed by atoms with Gasteiger partial charge in [0.05, 0.1) is 0 Å². The summed E-state index contributed by atoms with van der Waals surface area (Å²) in [7, 11) is 0. The zero-order valence-corrected chi connectivity index (χ0v) is 12.9. The molecular weight excluding hydrogens is 253 g/mol. The molecule has 20 heavy (non-hydrogen) atoms. The Bertz CT molecular complexity index is 445. The molecule has 0 amide bonds. The van der Waals surface area contributed by atoms with Gasteiger partial charge in [0.25, 0.3) is 0 Å². The number of halogens is 1. The van der Waals surface area contributed by atoms with Crippen LogP contribution in [-0.4, -0.2) is 24.6 Å². The van der Waals surface area contributed by atoms with Gasteiger partial charge in [0.2, 0.25) is 0 Å². The summed E-state index contributed by atoms with van der Waals surface area (Å²) in [6, 6.07) is 1.77. The Morgan fingerprint density at radius 3 is 2.95 bits per heavy atom. The number of anilines is 1. The third kappa shape index (κ3) is 3.69. The first kappa shape index (κ1) is 15.2. The minimum absolute atomic E-state index is 0.159. The molecule has 1 aromatic rings. The molecule has 0 radical (unpaired) electrons. The molecule has 2 heterocycles. The summed E-state index contributed by atoms with van der Waals surface area (Å²) >= 11 is 0.